The van der Waals surface area contributed by atoms with Crippen molar-refractivity contribution in [3.8, 4) is 0 Å². The summed E-state index contributed by atoms with van der Waals surface area (Å²) in [6.07, 6.45) is 4.27. The first-order valence-electron chi connectivity index (χ1n) is 4.11. The second-order valence-corrected chi connectivity index (χ2v) is 4.26. The Labute approximate surface area is 84.9 Å². The molecular formula is C9H8N2O2S. The average Bonchev–Trinajstić information content (AvgIpc) is 2.67. The number of hydrogen-bond donors (Lipinski definition) is 0. The van der Waals surface area contributed by atoms with E-state index >= 15 is 0 Å². The highest BCUT2D eigenvalue weighted by Crippen LogP contribution is 2.16. The third kappa shape index (κ3) is 1.58. The van der Waals surface area contributed by atoms with Gasteiger partial charge in [-0.2, -0.15) is 0 Å². The number of nitrogens with zero attached hydrogens (tertiary/aromatic N) is 2. The van der Waals surface area contributed by atoms with Gasteiger partial charge in [0.15, 0.2) is 0 Å². The van der Waals surface area contributed by atoms with Crippen LogP contribution in [0.5, 0.6) is 0 Å². The highest BCUT2D eigenvalue weighted by Gasteiger charge is 2.23. The van der Waals surface area contributed by atoms with E-state index in [4.69, 9.17) is 0 Å². The van der Waals surface area contributed by atoms with Crippen LogP contribution in [0.3, 0.4) is 0 Å². The Morgan fingerprint density at radius 1 is 1.36 bits per heavy atom. The van der Waals surface area contributed by atoms with E-state index in [1.807, 2.05) is 6.92 Å². The molecule has 72 valence electrons. The summed E-state index contributed by atoms with van der Waals surface area (Å²) in [5.41, 5.74) is 0. The number of aryl methyl sites for hydroxylation is 1. The Morgan fingerprint density at radius 2 is 2.00 bits per heavy atom. The molecule has 1 aromatic heterocycles. The van der Waals surface area contributed by atoms with E-state index in [9.17, 15) is 9.59 Å². The summed E-state index contributed by atoms with van der Waals surface area (Å²) in [5.74, 6) is -0.498. The van der Waals surface area contributed by atoms with E-state index in [-0.39, 0.29) is 11.8 Å². The summed E-state index contributed by atoms with van der Waals surface area (Å²) in [7, 11) is 0. The lowest BCUT2D eigenvalue weighted by atomic mass is 10.4. The number of carbonyl (C=O) groups is 2. The van der Waals surface area contributed by atoms with Gasteiger partial charge in [0, 0.05) is 23.2 Å². The van der Waals surface area contributed by atoms with E-state index in [0.717, 1.165) is 9.88 Å². The number of amides is 2. The van der Waals surface area contributed by atoms with Gasteiger partial charge in [-0.3, -0.25) is 14.5 Å². The van der Waals surface area contributed by atoms with Crippen molar-refractivity contribution in [2.24, 2.45) is 0 Å². The number of hydrogen-bond acceptors (Lipinski definition) is 4. The second-order valence-electron chi connectivity index (χ2n) is 2.94. The lowest BCUT2D eigenvalue weighted by Gasteiger charge is -2.11. The van der Waals surface area contributed by atoms with E-state index < -0.39 is 0 Å². The molecule has 14 heavy (non-hydrogen) atoms. The average molecular weight is 208 g/mol. The Hall–Kier alpha value is -1.49. The van der Waals surface area contributed by atoms with E-state index in [1.54, 1.807) is 6.20 Å². The maximum absolute atomic E-state index is 11.2. The summed E-state index contributed by atoms with van der Waals surface area (Å²) in [6, 6.07) is 0. The minimum absolute atomic E-state index is 0.249. The van der Waals surface area contributed by atoms with Crippen LogP contribution in [-0.2, 0) is 16.1 Å². The Kier molecular flexibility index (Phi) is 2.17. The maximum atomic E-state index is 11.2. The van der Waals surface area contributed by atoms with Crippen molar-refractivity contribution in [2.45, 2.75) is 13.5 Å². The van der Waals surface area contributed by atoms with Crippen LogP contribution >= 0.6 is 11.3 Å². The highest BCUT2D eigenvalue weighted by molar-refractivity contribution is 7.11. The summed E-state index contributed by atoms with van der Waals surface area (Å²) in [5, 5.41) is 0.937. The Bertz CT molecular complexity index is 404. The van der Waals surface area contributed by atoms with E-state index in [2.05, 4.69) is 4.98 Å². The molecule has 0 N–H and O–H groups in total. The zero-order chi connectivity index (χ0) is 10.1. The predicted octanol–water partition coefficient (Wildman–Crippen LogP) is 0.877. The quantitative estimate of drug-likeness (QED) is 0.678. The molecule has 1 aliphatic heterocycles. The molecule has 1 aliphatic rings. The second kappa shape index (κ2) is 3.34. The van der Waals surface area contributed by atoms with Gasteiger partial charge in [0.1, 0.15) is 0 Å². The first kappa shape index (κ1) is 9.08. The van der Waals surface area contributed by atoms with Gasteiger partial charge in [0.05, 0.1) is 11.6 Å². The van der Waals surface area contributed by atoms with Gasteiger partial charge in [0.25, 0.3) is 11.8 Å². The molecule has 5 heteroatoms. The third-order valence-electron chi connectivity index (χ3n) is 1.88. The Balaban J connectivity index is 2.12. The summed E-state index contributed by atoms with van der Waals surface area (Å²) >= 11 is 1.49. The molecule has 0 aromatic carbocycles. The van der Waals surface area contributed by atoms with Gasteiger partial charge in [-0.1, -0.05) is 0 Å². The number of thiazole rings is 1. The van der Waals surface area contributed by atoms with Crippen molar-refractivity contribution < 1.29 is 9.59 Å². The van der Waals surface area contributed by atoms with E-state index in [0.29, 0.717) is 6.54 Å². The molecule has 0 unspecified atom stereocenters. The molecule has 0 saturated heterocycles. The normalized spacial score (nSPS) is 15.6. The predicted molar refractivity (Wildman–Crippen MR) is 51.5 cm³/mol. The standard InChI is InChI=1S/C9H8N2O2S/c1-6-10-4-7(14-6)5-11-8(12)2-3-9(11)13/h2-4H,5H2,1H3. The minimum Gasteiger partial charge on any atom is -0.270 e. The van der Waals surface area contributed by atoms with Gasteiger partial charge in [0.2, 0.25) is 0 Å². The van der Waals surface area contributed by atoms with Crippen molar-refractivity contribution in [3.05, 3.63) is 28.2 Å². The largest absolute Gasteiger partial charge is 0.270 e. The van der Waals surface area contributed by atoms with Crippen molar-refractivity contribution in [3.63, 3.8) is 0 Å². The molecule has 4 nitrogen and oxygen atoms in total. The first-order chi connectivity index (χ1) is 6.66. The van der Waals surface area contributed by atoms with Crippen LogP contribution in [-0.4, -0.2) is 21.7 Å². The molecular weight excluding hydrogens is 200 g/mol. The number of imide groups is 1. The zero-order valence-corrected chi connectivity index (χ0v) is 8.37. The molecule has 2 rings (SSSR count). The third-order valence-corrected chi connectivity index (χ3v) is 2.78. The lowest BCUT2D eigenvalue weighted by molar-refractivity contribution is -0.137. The monoisotopic (exact) mass is 208 g/mol. The number of carbonyl (C=O) groups excluding carboxylic acids is 2. The smallest absolute Gasteiger partial charge is 0.253 e. The molecule has 0 saturated carbocycles. The fourth-order valence-electron chi connectivity index (χ4n) is 1.22. The van der Waals surface area contributed by atoms with Crippen LogP contribution in [0.15, 0.2) is 18.3 Å². The van der Waals surface area contributed by atoms with Gasteiger partial charge >= 0.3 is 0 Å². The molecule has 0 bridgehead atoms. The van der Waals surface area contributed by atoms with Crippen molar-refractivity contribution in [1.29, 1.82) is 0 Å². The minimum atomic E-state index is -0.249. The maximum Gasteiger partial charge on any atom is 0.253 e. The van der Waals surface area contributed by atoms with Crippen LogP contribution in [0.25, 0.3) is 0 Å². The summed E-state index contributed by atoms with van der Waals surface area (Å²) in [6.45, 7) is 2.22. The van der Waals surface area contributed by atoms with Crippen LogP contribution in [0.1, 0.15) is 9.88 Å². The SMILES string of the molecule is Cc1ncc(CN2C(=O)C=CC2=O)s1. The van der Waals surface area contributed by atoms with Crippen molar-refractivity contribution in [1.82, 2.24) is 9.88 Å². The zero-order valence-electron chi connectivity index (χ0n) is 7.56. The van der Waals surface area contributed by atoms with Crippen LogP contribution < -0.4 is 0 Å². The lowest BCUT2D eigenvalue weighted by Crippen LogP contribution is -2.28. The van der Waals surface area contributed by atoms with Gasteiger partial charge in [-0.05, 0) is 6.92 Å². The molecule has 2 heterocycles. The fraction of sp³-hybridized carbons (Fsp3) is 0.222. The Morgan fingerprint density at radius 3 is 2.50 bits per heavy atom. The molecule has 0 radical (unpaired) electrons. The van der Waals surface area contributed by atoms with Crippen LogP contribution in [0.2, 0.25) is 0 Å². The molecule has 0 fully saturated rings. The van der Waals surface area contributed by atoms with Crippen molar-refractivity contribution >= 4 is 23.2 Å². The van der Waals surface area contributed by atoms with E-state index in [1.165, 1.54) is 28.4 Å². The van der Waals surface area contributed by atoms with Crippen LogP contribution in [0.4, 0.5) is 0 Å². The topological polar surface area (TPSA) is 50.3 Å². The number of rotatable bonds is 2. The van der Waals surface area contributed by atoms with Gasteiger partial charge in [-0.25, -0.2) is 4.98 Å². The molecule has 0 atom stereocenters. The first-order valence-corrected chi connectivity index (χ1v) is 4.93. The van der Waals surface area contributed by atoms with Crippen molar-refractivity contribution in [2.75, 3.05) is 0 Å². The molecule has 2 amide bonds. The van der Waals surface area contributed by atoms with Gasteiger partial charge in [-0.15, -0.1) is 11.3 Å². The molecule has 0 spiro atoms. The summed E-state index contributed by atoms with van der Waals surface area (Å²) in [4.78, 5) is 28.6. The molecule has 0 aliphatic carbocycles. The molecule has 1 aromatic rings. The van der Waals surface area contributed by atoms with Gasteiger partial charge < -0.3 is 0 Å². The summed E-state index contributed by atoms with van der Waals surface area (Å²) < 4.78 is 0. The fourth-order valence-corrected chi connectivity index (χ4v) is 2.01. The highest BCUT2D eigenvalue weighted by atomic mass is 32.1. The number of aromatic nitrogens is 1. The van der Waals surface area contributed by atoms with Crippen LogP contribution in [0, 0.1) is 6.92 Å².